The second-order valence-electron chi connectivity index (χ2n) is 7.57. The maximum atomic E-state index is 13.7. The molecule has 0 aromatic heterocycles. The fraction of sp³-hybridized carbons (Fsp3) is 0.611. The normalized spacial score (nSPS) is 17.1. The summed E-state index contributed by atoms with van der Waals surface area (Å²) in [7, 11) is -3.56. The van der Waals surface area contributed by atoms with Gasteiger partial charge in [0.1, 0.15) is 11.4 Å². The Labute approximate surface area is 154 Å². The standard InChI is InChI=1S/C18H27FN2O4S/c1-18(2,3)25-17(22)20-12-14-8-10-21(11-9-14)26(23,24)13-15-6-4-5-7-16(15)19/h4-7,14H,8-13H2,1-3H3,(H,20,22). The number of carbonyl (C=O) groups is 1. The van der Waals surface area contributed by atoms with Gasteiger partial charge in [-0.25, -0.2) is 21.9 Å². The lowest BCUT2D eigenvalue weighted by molar-refractivity contribution is 0.0513. The number of nitrogens with zero attached hydrogens (tertiary/aromatic N) is 1. The van der Waals surface area contributed by atoms with Gasteiger partial charge in [0.15, 0.2) is 0 Å². The van der Waals surface area contributed by atoms with E-state index in [9.17, 15) is 17.6 Å². The van der Waals surface area contributed by atoms with Gasteiger partial charge in [-0.3, -0.25) is 0 Å². The molecular formula is C18H27FN2O4S. The molecule has 1 aliphatic rings. The molecule has 8 heteroatoms. The summed E-state index contributed by atoms with van der Waals surface area (Å²) in [6.45, 7) is 6.59. The zero-order valence-electron chi connectivity index (χ0n) is 15.5. The average Bonchev–Trinajstić information content (AvgIpc) is 2.54. The Balaban J connectivity index is 1.82. The van der Waals surface area contributed by atoms with Crippen LogP contribution in [-0.4, -0.2) is 44.1 Å². The molecule has 0 radical (unpaired) electrons. The molecule has 0 spiro atoms. The molecule has 0 atom stereocenters. The van der Waals surface area contributed by atoms with E-state index in [0.29, 0.717) is 32.5 Å². The maximum absolute atomic E-state index is 13.7. The Hall–Kier alpha value is -1.67. The number of nitrogens with one attached hydrogen (secondary N) is 1. The minimum Gasteiger partial charge on any atom is -0.444 e. The summed E-state index contributed by atoms with van der Waals surface area (Å²) < 4.78 is 45.3. The van der Waals surface area contributed by atoms with Gasteiger partial charge >= 0.3 is 6.09 Å². The van der Waals surface area contributed by atoms with Crippen LogP contribution in [0.4, 0.5) is 9.18 Å². The number of hydrogen-bond donors (Lipinski definition) is 1. The molecule has 0 unspecified atom stereocenters. The Bertz CT molecular complexity index is 723. The van der Waals surface area contributed by atoms with Gasteiger partial charge in [0.05, 0.1) is 5.75 Å². The molecule has 0 bridgehead atoms. The second-order valence-corrected chi connectivity index (χ2v) is 9.54. The summed E-state index contributed by atoms with van der Waals surface area (Å²) in [4.78, 5) is 11.7. The Kier molecular flexibility index (Phi) is 6.63. The van der Waals surface area contributed by atoms with Crippen molar-refractivity contribution in [3.8, 4) is 0 Å². The Morgan fingerprint density at radius 3 is 2.46 bits per heavy atom. The highest BCUT2D eigenvalue weighted by Gasteiger charge is 2.29. The van der Waals surface area contributed by atoms with E-state index < -0.39 is 27.5 Å². The molecule has 1 saturated heterocycles. The van der Waals surface area contributed by atoms with Crippen LogP contribution in [0, 0.1) is 11.7 Å². The van der Waals surface area contributed by atoms with Gasteiger partial charge in [-0.15, -0.1) is 0 Å². The highest BCUT2D eigenvalue weighted by atomic mass is 32.2. The topological polar surface area (TPSA) is 75.7 Å². The lowest BCUT2D eigenvalue weighted by Crippen LogP contribution is -2.42. The molecule has 1 N–H and O–H groups in total. The van der Waals surface area contributed by atoms with Crippen LogP contribution in [0.15, 0.2) is 24.3 Å². The zero-order chi connectivity index (χ0) is 19.4. The van der Waals surface area contributed by atoms with Gasteiger partial charge in [-0.2, -0.15) is 0 Å². The fourth-order valence-electron chi connectivity index (χ4n) is 2.84. The van der Waals surface area contributed by atoms with Crippen LogP contribution < -0.4 is 5.32 Å². The van der Waals surface area contributed by atoms with Crippen LogP contribution in [0.2, 0.25) is 0 Å². The molecule has 26 heavy (non-hydrogen) atoms. The third kappa shape index (κ3) is 6.25. The van der Waals surface area contributed by atoms with Crippen molar-refractivity contribution in [2.75, 3.05) is 19.6 Å². The van der Waals surface area contributed by atoms with Crippen molar-refractivity contribution in [1.82, 2.24) is 9.62 Å². The van der Waals surface area contributed by atoms with E-state index >= 15 is 0 Å². The smallest absolute Gasteiger partial charge is 0.407 e. The van der Waals surface area contributed by atoms with E-state index in [4.69, 9.17) is 4.74 Å². The number of hydrogen-bond acceptors (Lipinski definition) is 4. The largest absolute Gasteiger partial charge is 0.444 e. The fourth-order valence-corrected chi connectivity index (χ4v) is 4.41. The maximum Gasteiger partial charge on any atom is 0.407 e. The number of alkyl carbamates (subject to hydrolysis) is 1. The van der Waals surface area contributed by atoms with Crippen molar-refractivity contribution in [2.45, 2.75) is 45.0 Å². The molecule has 6 nitrogen and oxygen atoms in total. The highest BCUT2D eigenvalue weighted by molar-refractivity contribution is 7.88. The SMILES string of the molecule is CC(C)(C)OC(=O)NCC1CCN(S(=O)(=O)Cc2ccccc2F)CC1. The molecular weight excluding hydrogens is 359 g/mol. The van der Waals surface area contributed by atoms with E-state index in [-0.39, 0.29) is 17.2 Å². The summed E-state index contributed by atoms with van der Waals surface area (Å²) >= 11 is 0. The number of benzene rings is 1. The van der Waals surface area contributed by atoms with E-state index in [0.717, 1.165) is 0 Å². The third-order valence-electron chi connectivity index (χ3n) is 4.20. The molecule has 2 rings (SSSR count). The summed E-state index contributed by atoms with van der Waals surface area (Å²) in [5, 5.41) is 2.73. The molecule has 1 amide bonds. The lowest BCUT2D eigenvalue weighted by atomic mass is 9.98. The molecule has 146 valence electrons. The van der Waals surface area contributed by atoms with E-state index in [1.165, 1.54) is 22.5 Å². The van der Waals surface area contributed by atoms with Crippen molar-refractivity contribution in [3.05, 3.63) is 35.6 Å². The second kappa shape index (κ2) is 8.35. The van der Waals surface area contributed by atoms with Gasteiger partial charge in [0.25, 0.3) is 0 Å². The molecule has 1 aliphatic heterocycles. The van der Waals surface area contributed by atoms with Crippen molar-refractivity contribution >= 4 is 16.1 Å². The third-order valence-corrected chi connectivity index (χ3v) is 6.02. The summed E-state index contributed by atoms with van der Waals surface area (Å²) in [6, 6.07) is 5.92. The minimum absolute atomic E-state index is 0.182. The predicted octanol–water partition coefficient (Wildman–Crippen LogP) is 2.89. The molecule has 1 heterocycles. The van der Waals surface area contributed by atoms with E-state index in [1.54, 1.807) is 26.8 Å². The Morgan fingerprint density at radius 2 is 1.88 bits per heavy atom. The molecule has 0 aliphatic carbocycles. The highest BCUT2D eigenvalue weighted by Crippen LogP contribution is 2.22. The number of carbonyl (C=O) groups excluding carboxylic acids is 1. The summed E-state index contributed by atoms with van der Waals surface area (Å²) in [5.74, 6) is -0.643. The van der Waals surface area contributed by atoms with E-state index in [2.05, 4.69) is 5.32 Å². The predicted molar refractivity (Wildman–Crippen MR) is 97.6 cm³/mol. The van der Waals surface area contributed by atoms with Crippen molar-refractivity contribution in [2.24, 2.45) is 5.92 Å². The quantitative estimate of drug-likeness (QED) is 0.844. The molecule has 1 aromatic carbocycles. The first-order valence-corrected chi connectivity index (χ1v) is 10.4. The van der Waals surface area contributed by atoms with Crippen LogP contribution in [0.25, 0.3) is 0 Å². The first kappa shape index (κ1) is 20.6. The van der Waals surface area contributed by atoms with Crippen molar-refractivity contribution in [3.63, 3.8) is 0 Å². The van der Waals surface area contributed by atoms with Gasteiger partial charge in [0, 0.05) is 25.2 Å². The number of piperidine rings is 1. The number of rotatable bonds is 5. The minimum atomic E-state index is -3.56. The van der Waals surface area contributed by atoms with Gasteiger partial charge in [-0.1, -0.05) is 18.2 Å². The van der Waals surface area contributed by atoms with Crippen LogP contribution >= 0.6 is 0 Å². The van der Waals surface area contributed by atoms with Crippen molar-refractivity contribution < 1.29 is 22.3 Å². The molecule has 0 saturated carbocycles. The zero-order valence-corrected chi connectivity index (χ0v) is 16.3. The molecule has 1 aromatic rings. The van der Waals surface area contributed by atoms with Gasteiger partial charge < -0.3 is 10.1 Å². The number of amides is 1. The van der Waals surface area contributed by atoms with E-state index in [1.807, 2.05) is 0 Å². The number of ether oxygens (including phenoxy) is 1. The number of halogens is 1. The first-order valence-electron chi connectivity index (χ1n) is 8.75. The number of sulfonamides is 1. The first-order chi connectivity index (χ1) is 12.1. The van der Waals surface area contributed by atoms with Crippen molar-refractivity contribution in [1.29, 1.82) is 0 Å². The summed E-state index contributed by atoms with van der Waals surface area (Å²) in [5.41, 5.74) is -0.366. The summed E-state index contributed by atoms with van der Waals surface area (Å²) in [6.07, 6.45) is 0.825. The molecule has 1 fully saturated rings. The average molecular weight is 386 g/mol. The monoisotopic (exact) mass is 386 g/mol. The van der Waals surface area contributed by atoms with Crippen LogP contribution in [0.3, 0.4) is 0 Å². The van der Waals surface area contributed by atoms with Gasteiger partial charge in [-0.05, 0) is 45.6 Å². The Morgan fingerprint density at radius 1 is 1.27 bits per heavy atom. The van der Waals surface area contributed by atoms with Crippen LogP contribution in [-0.2, 0) is 20.5 Å². The lowest BCUT2D eigenvalue weighted by Gasteiger charge is -2.31. The van der Waals surface area contributed by atoms with Gasteiger partial charge in [0.2, 0.25) is 10.0 Å². The van der Waals surface area contributed by atoms with Crippen LogP contribution in [0.1, 0.15) is 39.2 Å². The van der Waals surface area contributed by atoms with Crippen LogP contribution in [0.5, 0.6) is 0 Å².